The Hall–Kier alpha value is -1.38. The third-order valence-corrected chi connectivity index (χ3v) is 1.51. The maximum Gasteiger partial charge on any atom is 0.165 e. The lowest BCUT2D eigenvalue weighted by Crippen LogP contribution is -2.13. The molecule has 1 aromatic heterocycles. The molecule has 0 atom stereocenters. The van der Waals surface area contributed by atoms with E-state index >= 15 is 0 Å². The maximum atomic E-state index is 9.08. The van der Waals surface area contributed by atoms with Crippen LogP contribution in [0.15, 0.2) is 16.5 Å². The maximum absolute atomic E-state index is 9.08. The number of aliphatic hydroxyl groups is 2. The molecule has 2 bridgehead atoms. The molecule has 0 fully saturated rings. The van der Waals surface area contributed by atoms with Gasteiger partial charge in [-0.3, -0.25) is 0 Å². The predicted octanol–water partition coefficient (Wildman–Crippen LogP) is 0.0157. The van der Waals surface area contributed by atoms with Crippen molar-refractivity contribution in [3.8, 4) is 0 Å². The Morgan fingerprint density at radius 2 is 1.60 bits per heavy atom. The van der Waals surface area contributed by atoms with E-state index in [9.17, 15) is 0 Å². The average molecular weight is 138 g/mol. The molecule has 0 saturated heterocycles. The Kier molecular flexibility index (Phi) is 0.845. The summed E-state index contributed by atoms with van der Waals surface area (Å²) in [6.07, 6.45) is 0.192. The van der Waals surface area contributed by atoms with Crippen LogP contribution in [-0.2, 0) is 0 Å². The third-order valence-electron chi connectivity index (χ3n) is 1.51. The van der Waals surface area contributed by atoms with E-state index in [0.717, 1.165) is 0 Å². The molecule has 1 aliphatic rings. The highest BCUT2D eigenvalue weighted by Crippen LogP contribution is 2.06. The van der Waals surface area contributed by atoms with E-state index in [-0.39, 0.29) is 17.9 Å². The zero-order chi connectivity index (χ0) is 7.14. The fourth-order valence-electron chi connectivity index (χ4n) is 0.981. The molecule has 3 heteroatoms. The van der Waals surface area contributed by atoms with E-state index < -0.39 is 0 Å². The van der Waals surface area contributed by atoms with Crippen LogP contribution in [0, 0.1) is 0 Å². The van der Waals surface area contributed by atoms with Crippen LogP contribution >= 0.6 is 0 Å². The SMILES string of the molecule is OC1=c2ccc(o2)=C(O)C1. The smallest absolute Gasteiger partial charge is 0.165 e. The van der Waals surface area contributed by atoms with E-state index in [4.69, 9.17) is 14.6 Å². The zero-order valence-electron chi connectivity index (χ0n) is 5.16. The first kappa shape index (κ1) is 5.41. The molecule has 0 spiro atoms. The van der Waals surface area contributed by atoms with Crippen molar-refractivity contribution in [2.75, 3.05) is 0 Å². The molecule has 3 nitrogen and oxygen atoms in total. The molecular formula is C7H6O3. The molecule has 52 valence electrons. The van der Waals surface area contributed by atoms with Crippen molar-refractivity contribution < 1.29 is 14.6 Å². The first-order chi connectivity index (χ1) is 4.77. The van der Waals surface area contributed by atoms with Crippen LogP contribution in [0.25, 0.3) is 11.5 Å². The van der Waals surface area contributed by atoms with Gasteiger partial charge in [0.1, 0.15) is 11.5 Å². The van der Waals surface area contributed by atoms with E-state index in [1.54, 1.807) is 12.1 Å². The minimum absolute atomic E-state index is 0.0926. The minimum Gasteiger partial charge on any atom is -0.508 e. The number of rotatable bonds is 0. The molecule has 2 rings (SSSR count). The number of hydrogen-bond acceptors (Lipinski definition) is 3. The summed E-state index contributed by atoms with van der Waals surface area (Å²) in [7, 11) is 0. The van der Waals surface area contributed by atoms with Gasteiger partial charge in [-0.1, -0.05) is 0 Å². The second kappa shape index (κ2) is 1.56. The second-order valence-electron chi connectivity index (χ2n) is 2.23. The summed E-state index contributed by atoms with van der Waals surface area (Å²) >= 11 is 0. The Bertz CT molecular complexity index is 337. The topological polar surface area (TPSA) is 53.6 Å². The van der Waals surface area contributed by atoms with Gasteiger partial charge in [-0.2, -0.15) is 0 Å². The molecule has 1 aromatic rings. The van der Waals surface area contributed by atoms with Crippen LogP contribution in [0.1, 0.15) is 6.42 Å². The lowest BCUT2D eigenvalue weighted by Gasteiger charge is -1.98. The summed E-state index contributed by atoms with van der Waals surface area (Å²) in [6.45, 7) is 0. The van der Waals surface area contributed by atoms with Gasteiger partial charge in [0.05, 0.1) is 6.42 Å². The van der Waals surface area contributed by atoms with E-state index in [1.165, 1.54) is 0 Å². The molecule has 2 N–H and O–H groups in total. The monoisotopic (exact) mass is 138 g/mol. The molecule has 0 saturated carbocycles. The predicted molar refractivity (Wildman–Crippen MR) is 34.6 cm³/mol. The molecule has 0 aromatic carbocycles. The lowest BCUT2D eigenvalue weighted by atomic mass is 10.3. The number of hydrogen-bond donors (Lipinski definition) is 2. The van der Waals surface area contributed by atoms with Gasteiger partial charge in [-0.15, -0.1) is 0 Å². The zero-order valence-corrected chi connectivity index (χ0v) is 5.16. The van der Waals surface area contributed by atoms with Crippen LogP contribution in [0.3, 0.4) is 0 Å². The molecule has 0 unspecified atom stereocenters. The molecule has 10 heavy (non-hydrogen) atoms. The van der Waals surface area contributed by atoms with Gasteiger partial charge >= 0.3 is 0 Å². The van der Waals surface area contributed by atoms with Gasteiger partial charge in [0.2, 0.25) is 0 Å². The molecule has 0 aliphatic carbocycles. The van der Waals surface area contributed by atoms with Crippen LogP contribution in [0.2, 0.25) is 0 Å². The van der Waals surface area contributed by atoms with Crippen molar-refractivity contribution in [3.63, 3.8) is 0 Å². The molecule has 0 radical (unpaired) electrons. The van der Waals surface area contributed by atoms with Gasteiger partial charge in [0.25, 0.3) is 0 Å². The number of furan rings is 1. The quantitative estimate of drug-likeness (QED) is 0.531. The average Bonchev–Trinajstić information content (AvgIpc) is 2.28. The van der Waals surface area contributed by atoms with E-state index in [1.807, 2.05) is 0 Å². The lowest BCUT2D eigenvalue weighted by molar-refractivity contribution is 0.380. The number of fused-ring (bicyclic) bond motifs is 2. The van der Waals surface area contributed by atoms with E-state index in [2.05, 4.69) is 0 Å². The Morgan fingerprint density at radius 3 is 2.10 bits per heavy atom. The summed E-state index contributed by atoms with van der Waals surface area (Å²) in [5.74, 6) is 0.185. The van der Waals surface area contributed by atoms with Crippen molar-refractivity contribution in [1.29, 1.82) is 0 Å². The van der Waals surface area contributed by atoms with Gasteiger partial charge in [0.15, 0.2) is 10.8 Å². The van der Waals surface area contributed by atoms with Crippen LogP contribution in [0.5, 0.6) is 0 Å². The van der Waals surface area contributed by atoms with Gasteiger partial charge in [-0.05, 0) is 12.1 Å². The van der Waals surface area contributed by atoms with Crippen LogP contribution in [-0.4, -0.2) is 10.2 Å². The van der Waals surface area contributed by atoms with Crippen LogP contribution < -0.4 is 10.8 Å². The normalized spacial score (nSPS) is 16.0. The summed E-state index contributed by atoms with van der Waals surface area (Å²) in [4.78, 5) is 0. The first-order valence-corrected chi connectivity index (χ1v) is 2.97. The largest absolute Gasteiger partial charge is 0.508 e. The van der Waals surface area contributed by atoms with Gasteiger partial charge < -0.3 is 14.6 Å². The highest BCUT2D eigenvalue weighted by atomic mass is 16.4. The second-order valence-corrected chi connectivity index (χ2v) is 2.23. The van der Waals surface area contributed by atoms with Crippen molar-refractivity contribution in [3.05, 3.63) is 23.0 Å². The Balaban J connectivity index is 2.91. The summed E-state index contributed by atoms with van der Waals surface area (Å²) in [5.41, 5.74) is 0.903. The summed E-state index contributed by atoms with van der Waals surface area (Å²) in [6, 6.07) is 3.27. The number of aliphatic hydroxyl groups excluding tert-OH is 2. The van der Waals surface area contributed by atoms with Gasteiger partial charge in [-0.25, -0.2) is 0 Å². The highest BCUT2D eigenvalue weighted by molar-refractivity contribution is 5.51. The molecule has 2 heterocycles. The van der Waals surface area contributed by atoms with Gasteiger partial charge in [0, 0.05) is 0 Å². The molecule has 1 aliphatic heterocycles. The van der Waals surface area contributed by atoms with Crippen molar-refractivity contribution in [2.45, 2.75) is 6.42 Å². The minimum atomic E-state index is 0.0926. The van der Waals surface area contributed by atoms with Crippen LogP contribution in [0.4, 0.5) is 0 Å². The fraction of sp³-hybridized carbons (Fsp3) is 0.143. The summed E-state index contributed by atoms with van der Waals surface area (Å²) < 4.78 is 4.97. The first-order valence-electron chi connectivity index (χ1n) is 2.97. The Labute approximate surface area is 56.5 Å². The molecule has 0 amide bonds. The highest BCUT2D eigenvalue weighted by Gasteiger charge is 2.09. The fourth-order valence-corrected chi connectivity index (χ4v) is 0.981. The van der Waals surface area contributed by atoms with Crippen molar-refractivity contribution in [1.82, 2.24) is 0 Å². The summed E-state index contributed by atoms with van der Waals surface area (Å²) in [5, 5.41) is 18.2. The van der Waals surface area contributed by atoms with Crippen molar-refractivity contribution >= 4 is 11.5 Å². The molecular weight excluding hydrogens is 132 g/mol. The standard InChI is InChI=1S/C7H6O3/c8-4-3-5(9)7-2-1-6(4)10-7/h1-2,8-9H,3H2. The Morgan fingerprint density at radius 1 is 1.10 bits per heavy atom. The third kappa shape index (κ3) is 0.543. The van der Waals surface area contributed by atoms with E-state index in [0.29, 0.717) is 10.8 Å². The van der Waals surface area contributed by atoms with Crippen molar-refractivity contribution in [2.24, 2.45) is 0 Å².